The molecule has 22 heavy (non-hydrogen) atoms. The first kappa shape index (κ1) is 17.0. The van der Waals surface area contributed by atoms with Gasteiger partial charge in [-0.3, -0.25) is 0 Å². The maximum absolute atomic E-state index is 12.9. The van der Waals surface area contributed by atoms with Crippen molar-refractivity contribution >= 4 is 22.3 Å². The molecule has 5 nitrogen and oxygen atoms in total. The van der Waals surface area contributed by atoms with Gasteiger partial charge in [0.1, 0.15) is 5.00 Å². The molecule has 0 N–H and O–H groups in total. The highest BCUT2D eigenvalue weighted by Crippen LogP contribution is 2.41. The fraction of sp³-hybridized carbons (Fsp3) is 0.692. The van der Waals surface area contributed by atoms with Gasteiger partial charge in [-0.25, -0.2) is 9.78 Å². The van der Waals surface area contributed by atoms with E-state index in [-0.39, 0.29) is 23.3 Å². The Labute approximate surface area is 130 Å². The number of esters is 1. The van der Waals surface area contributed by atoms with Gasteiger partial charge in [0.15, 0.2) is 5.69 Å². The van der Waals surface area contributed by atoms with Gasteiger partial charge in [-0.1, -0.05) is 11.3 Å². The van der Waals surface area contributed by atoms with Gasteiger partial charge in [-0.15, -0.1) is 0 Å². The van der Waals surface area contributed by atoms with Gasteiger partial charge >= 0.3 is 12.1 Å². The second-order valence-corrected chi connectivity index (χ2v) is 5.81. The van der Waals surface area contributed by atoms with E-state index in [1.54, 1.807) is 11.8 Å². The molecule has 1 aromatic rings. The fourth-order valence-corrected chi connectivity index (χ4v) is 3.45. The molecule has 0 spiro atoms. The first-order valence-corrected chi connectivity index (χ1v) is 7.70. The van der Waals surface area contributed by atoms with E-state index in [2.05, 4.69) is 4.98 Å². The third-order valence-electron chi connectivity index (χ3n) is 3.32. The molecule has 1 atom stereocenters. The van der Waals surface area contributed by atoms with Crippen LogP contribution in [0.3, 0.4) is 0 Å². The van der Waals surface area contributed by atoms with E-state index < -0.39 is 17.2 Å². The third kappa shape index (κ3) is 3.52. The fourth-order valence-electron chi connectivity index (χ4n) is 2.43. The maximum Gasteiger partial charge on any atom is 0.443 e. The van der Waals surface area contributed by atoms with Crippen LogP contribution in [0.5, 0.6) is 0 Å². The van der Waals surface area contributed by atoms with Crippen molar-refractivity contribution in [1.29, 1.82) is 0 Å². The van der Waals surface area contributed by atoms with E-state index >= 15 is 0 Å². The van der Waals surface area contributed by atoms with Crippen molar-refractivity contribution in [2.24, 2.45) is 0 Å². The molecular weight excluding hydrogens is 321 g/mol. The van der Waals surface area contributed by atoms with Crippen LogP contribution in [0.4, 0.5) is 18.2 Å². The van der Waals surface area contributed by atoms with Gasteiger partial charge in [-0.2, -0.15) is 13.2 Å². The number of alkyl halides is 3. The van der Waals surface area contributed by atoms with Crippen LogP contribution in [0.25, 0.3) is 0 Å². The topological polar surface area (TPSA) is 51.7 Å². The van der Waals surface area contributed by atoms with Gasteiger partial charge in [0, 0.05) is 13.7 Å². The van der Waals surface area contributed by atoms with Gasteiger partial charge in [0.2, 0.25) is 5.01 Å². The van der Waals surface area contributed by atoms with Crippen molar-refractivity contribution in [3.63, 3.8) is 0 Å². The van der Waals surface area contributed by atoms with Crippen molar-refractivity contribution in [2.45, 2.75) is 32.0 Å². The normalized spacial score (nSPS) is 18.8. The number of anilines is 1. The summed E-state index contributed by atoms with van der Waals surface area (Å²) in [7, 11) is 1.54. The smallest absolute Gasteiger partial charge is 0.443 e. The monoisotopic (exact) mass is 338 g/mol. The summed E-state index contributed by atoms with van der Waals surface area (Å²) in [6, 6.07) is -0.0558. The van der Waals surface area contributed by atoms with Crippen molar-refractivity contribution in [1.82, 2.24) is 4.98 Å². The van der Waals surface area contributed by atoms with E-state index in [9.17, 15) is 18.0 Å². The SMILES string of the molecule is CCOC(=O)c1nc(C(F)(F)F)sc1N1CCC[C@H]1COC. The molecule has 0 aliphatic carbocycles. The number of hydrogen-bond donors (Lipinski definition) is 0. The molecule has 2 rings (SSSR count). The average Bonchev–Trinajstić information content (AvgIpc) is 3.04. The maximum atomic E-state index is 12.9. The zero-order valence-corrected chi connectivity index (χ0v) is 13.1. The summed E-state index contributed by atoms with van der Waals surface area (Å²) < 4.78 is 48.7. The number of carbonyl (C=O) groups excluding carboxylic acids is 1. The van der Waals surface area contributed by atoms with Crippen LogP contribution in [-0.4, -0.2) is 43.9 Å². The molecule has 1 aromatic heterocycles. The second kappa shape index (κ2) is 6.82. The number of halogens is 3. The number of carbonyl (C=O) groups is 1. The van der Waals surface area contributed by atoms with Crippen molar-refractivity contribution < 1.29 is 27.4 Å². The van der Waals surface area contributed by atoms with Crippen LogP contribution in [0.1, 0.15) is 35.3 Å². The summed E-state index contributed by atoms with van der Waals surface area (Å²) in [5.41, 5.74) is -0.262. The number of ether oxygens (including phenoxy) is 2. The lowest BCUT2D eigenvalue weighted by Gasteiger charge is -2.24. The molecule has 1 aliphatic rings. The molecule has 0 amide bonds. The number of rotatable bonds is 5. The van der Waals surface area contributed by atoms with Crippen molar-refractivity contribution in [3.05, 3.63) is 10.7 Å². The van der Waals surface area contributed by atoms with Gasteiger partial charge in [0.05, 0.1) is 19.3 Å². The minimum atomic E-state index is -4.58. The van der Waals surface area contributed by atoms with Crippen LogP contribution in [0.15, 0.2) is 0 Å². The molecule has 2 heterocycles. The first-order chi connectivity index (χ1) is 10.4. The van der Waals surface area contributed by atoms with Crippen molar-refractivity contribution in [3.8, 4) is 0 Å². The minimum absolute atomic E-state index is 0.0558. The second-order valence-electron chi connectivity index (χ2n) is 4.84. The molecule has 9 heteroatoms. The van der Waals surface area contributed by atoms with Crippen LogP contribution in [0, 0.1) is 0 Å². The van der Waals surface area contributed by atoms with E-state index in [0.29, 0.717) is 24.5 Å². The predicted octanol–water partition coefficient (Wildman–Crippen LogP) is 2.95. The Kier molecular flexibility index (Phi) is 5.28. The number of nitrogens with zero attached hydrogens (tertiary/aromatic N) is 2. The largest absolute Gasteiger partial charge is 0.461 e. The third-order valence-corrected chi connectivity index (χ3v) is 4.45. The summed E-state index contributed by atoms with van der Waals surface area (Å²) >= 11 is 0.481. The van der Waals surface area contributed by atoms with Crippen LogP contribution in [-0.2, 0) is 15.7 Å². The van der Waals surface area contributed by atoms with E-state index in [1.165, 1.54) is 7.11 Å². The zero-order valence-electron chi connectivity index (χ0n) is 12.3. The summed E-state index contributed by atoms with van der Waals surface area (Å²) in [4.78, 5) is 17.2. The molecule has 1 fully saturated rings. The lowest BCUT2D eigenvalue weighted by molar-refractivity contribution is -0.137. The molecule has 0 aromatic carbocycles. The molecule has 0 unspecified atom stereocenters. The standard InChI is InChI=1S/C13H17F3N2O3S/c1-3-21-11(19)9-10(22-12(17-9)13(14,15)16)18-6-4-5-8(18)7-20-2/h8H,3-7H2,1-2H3/t8-/m0/s1. The van der Waals surface area contributed by atoms with Crippen LogP contribution >= 0.6 is 11.3 Å². The molecule has 0 saturated carbocycles. The average molecular weight is 338 g/mol. The molecular formula is C13H17F3N2O3S. The Morgan fingerprint density at radius 1 is 1.50 bits per heavy atom. The number of methoxy groups -OCH3 is 1. The number of aromatic nitrogens is 1. The minimum Gasteiger partial charge on any atom is -0.461 e. The Balaban J connectivity index is 2.39. The Hall–Kier alpha value is -1.35. The lowest BCUT2D eigenvalue weighted by atomic mass is 10.2. The summed E-state index contributed by atoms with van der Waals surface area (Å²) in [5.74, 6) is -0.827. The molecule has 0 radical (unpaired) electrons. The van der Waals surface area contributed by atoms with Crippen LogP contribution < -0.4 is 4.90 Å². The molecule has 1 saturated heterocycles. The van der Waals surface area contributed by atoms with E-state index in [4.69, 9.17) is 9.47 Å². The van der Waals surface area contributed by atoms with E-state index in [0.717, 1.165) is 12.8 Å². The first-order valence-electron chi connectivity index (χ1n) is 6.89. The summed E-state index contributed by atoms with van der Waals surface area (Å²) in [6.07, 6.45) is -2.95. The highest BCUT2D eigenvalue weighted by Gasteiger charge is 2.40. The molecule has 1 aliphatic heterocycles. The van der Waals surface area contributed by atoms with Crippen molar-refractivity contribution in [2.75, 3.05) is 31.8 Å². The predicted molar refractivity (Wildman–Crippen MR) is 75.3 cm³/mol. The van der Waals surface area contributed by atoms with Gasteiger partial charge in [-0.05, 0) is 19.8 Å². The summed E-state index contributed by atoms with van der Waals surface area (Å²) in [5, 5.41) is -0.820. The lowest BCUT2D eigenvalue weighted by Crippen LogP contribution is -2.33. The number of thiazole rings is 1. The van der Waals surface area contributed by atoms with Crippen LogP contribution in [0.2, 0.25) is 0 Å². The Morgan fingerprint density at radius 3 is 2.82 bits per heavy atom. The zero-order chi connectivity index (χ0) is 16.3. The Bertz CT molecular complexity index is 533. The Morgan fingerprint density at radius 2 is 2.23 bits per heavy atom. The highest BCUT2D eigenvalue weighted by molar-refractivity contribution is 7.16. The summed E-state index contributed by atoms with van der Waals surface area (Å²) in [6.45, 7) is 2.64. The van der Waals surface area contributed by atoms with Gasteiger partial charge < -0.3 is 14.4 Å². The highest BCUT2D eigenvalue weighted by atomic mass is 32.1. The molecule has 124 valence electrons. The number of hydrogen-bond acceptors (Lipinski definition) is 6. The van der Waals surface area contributed by atoms with Gasteiger partial charge in [0.25, 0.3) is 0 Å². The molecule has 0 bridgehead atoms. The van der Waals surface area contributed by atoms with E-state index in [1.807, 2.05) is 0 Å². The quantitative estimate of drug-likeness (QED) is 0.773.